The van der Waals surface area contributed by atoms with Crippen molar-refractivity contribution in [2.75, 3.05) is 0 Å². The van der Waals surface area contributed by atoms with Gasteiger partial charge in [-0.25, -0.2) is 4.79 Å². The van der Waals surface area contributed by atoms with Crippen molar-refractivity contribution in [2.45, 2.75) is 6.54 Å². The van der Waals surface area contributed by atoms with Crippen LogP contribution >= 0.6 is 0 Å². The number of benzene rings is 2. The maximum Gasteiger partial charge on any atom is 0.335 e. The molecule has 1 heterocycles. The minimum absolute atomic E-state index is 0.182. The van der Waals surface area contributed by atoms with E-state index in [1.54, 1.807) is 42.7 Å². The van der Waals surface area contributed by atoms with Crippen molar-refractivity contribution in [3.05, 3.63) is 77.6 Å². The molecule has 0 spiro atoms. The molecule has 0 radical (unpaired) electrons. The Labute approximate surface area is 132 Å². The van der Waals surface area contributed by atoms with Crippen LogP contribution in [0.3, 0.4) is 0 Å². The summed E-state index contributed by atoms with van der Waals surface area (Å²) in [6, 6.07) is 13.7. The van der Waals surface area contributed by atoms with Crippen molar-refractivity contribution in [1.82, 2.24) is 10.3 Å². The predicted octanol–water partition coefficient (Wildman–Crippen LogP) is 2.86. The average molecular weight is 306 g/mol. The number of carboxylic acid groups (broad SMARTS) is 1. The van der Waals surface area contributed by atoms with Gasteiger partial charge in [-0.1, -0.05) is 18.2 Å². The van der Waals surface area contributed by atoms with E-state index in [1.807, 2.05) is 12.1 Å². The van der Waals surface area contributed by atoms with Gasteiger partial charge in [-0.05, 0) is 46.7 Å². The van der Waals surface area contributed by atoms with Gasteiger partial charge in [-0.3, -0.25) is 9.78 Å². The number of nitrogens with zero attached hydrogens (tertiary/aromatic N) is 1. The van der Waals surface area contributed by atoms with Crippen LogP contribution in [0.15, 0.2) is 60.9 Å². The van der Waals surface area contributed by atoms with Gasteiger partial charge in [0.25, 0.3) is 5.91 Å². The molecular weight excluding hydrogens is 292 g/mol. The monoisotopic (exact) mass is 306 g/mol. The number of carboxylic acids is 1. The van der Waals surface area contributed by atoms with Crippen molar-refractivity contribution < 1.29 is 14.7 Å². The molecule has 5 heteroatoms. The van der Waals surface area contributed by atoms with E-state index in [0.29, 0.717) is 12.1 Å². The zero-order valence-electron chi connectivity index (χ0n) is 12.2. The molecule has 2 aromatic carbocycles. The van der Waals surface area contributed by atoms with Crippen LogP contribution in [0.5, 0.6) is 0 Å². The second-order valence-electron chi connectivity index (χ2n) is 5.13. The summed E-state index contributed by atoms with van der Waals surface area (Å²) in [6.45, 7) is 0.405. The Bertz CT molecular complexity index is 876. The highest BCUT2D eigenvalue weighted by atomic mass is 16.4. The van der Waals surface area contributed by atoms with Crippen LogP contribution < -0.4 is 5.32 Å². The Morgan fingerprint density at radius 1 is 1.00 bits per heavy atom. The summed E-state index contributed by atoms with van der Waals surface area (Å²) in [5.74, 6) is -1.15. The minimum Gasteiger partial charge on any atom is -0.478 e. The standard InChI is InChI=1S/C18H14N2O3/c21-17(20-11-12-2-1-7-19-10-12)15-5-3-14-9-16(18(22)23)6-4-13(14)8-15/h1-10H,11H2,(H,20,21)(H,22,23). The smallest absolute Gasteiger partial charge is 0.335 e. The van der Waals surface area contributed by atoms with Gasteiger partial charge < -0.3 is 10.4 Å². The molecule has 1 aromatic heterocycles. The van der Waals surface area contributed by atoms with Crippen LogP contribution in [0.2, 0.25) is 0 Å². The van der Waals surface area contributed by atoms with Gasteiger partial charge in [0.2, 0.25) is 0 Å². The molecule has 0 aliphatic carbocycles. The number of fused-ring (bicyclic) bond motifs is 1. The fourth-order valence-corrected chi connectivity index (χ4v) is 2.31. The van der Waals surface area contributed by atoms with Gasteiger partial charge in [0, 0.05) is 24.5 Å². The van der Waals surface area contributed by atoms with Crippen LogP contribution in [-0.4, -0.2) is 22.0 Å². The molecule has 3 aromatic rings. The molecular formula is C18H14N2O3. The third-order valence-corrected chi connectivity index (χ3v) is 3.53. The number of carbonyl (C=O) groups excluding carboxylic acids is 1. The van der Waals surface area contributed by atoms with E-state index in [-0.39, 0.29) is 11.5 Å². The number of rotatable bonds is 4. The van der Waals surface area contributed by atoms with Crippen LogP contribution in [0.25, 0.3) is 10.8 Å². The molecule has 23 heavy (non-hydrogen) atoms. The summed E-state index contributed by atoms with van der Waals surface area (Å²) in [5, 5.41) is 13.4. The number of nitrogens with one attached hydrogen (secondary N) is 1. The van der Waals surface area contributed by atoms with E-state index in [9.17, 15) is 9.59 Å². The number of hydrogen-bond acceptors (Lipinski definition) is 3. The lowest BCUT2D eigenvalue weighted by molar-refractivity contribution is 0.0696. The molecule has 114 valence electrons. The Morgan fingerprint density at radius 2 is 1.70 bits per heavy atom. The van der Waals surface area contributed by atoms with Crippen molar-refractivity contribution in [3.63, 3.8) is 0 Å². The molecule has 0 aliphatic rings. The van der Waals surface area contributed by atoms with Crippen LogP contribution in [0.4, 0.5) is 0 Å². The number of pyridine rings is 1. The number of aromatic carboxylic acids is 1. The van der Waals surface area contributed by atoms with Gasteiger partial charge in [0.1, 0.15) is 0 Å². The van der Waals surface area contributed by atoms with E-state index < -0.39 is 5.97 Å². The third-order valence-electron chi connectivity index (χ3n) is 3.53. The minimum atomic E-state index is -0.967. The zero-order valence-corrected chi connectivity index (χ0v) is 12.2. The Hall–Kier alpha value is -3.21. The van der Waals surface area contributed by atoms with Gasteiger partial charge in [-0.15, -0.1) is 0 Å². The predicted molar refractivity (Wildman–Crippen MR) is 86.3 cm³/mol. The lowest BCUT2D eigenvalue weighted by Crippen LogP contribution is -2.22. The Balaban J connectivity index is 1.78. The first kappa shape index (κ1) is 14.7. The summed E-state index contributed by atoms with van der Waals surface area (Å²) in [4.78, 5) is 27.2. The molecule has 0 bridgehead atoms. The zero-order chi connectivity index (χ0) is 16.2. The molecule has 0 atom stereocenters. The fourth-order valence-electron chi connectivity index (χ4n) is 2.31. The third kappa shape index (κ3) is 3.35. The van der Waals surface area contributed by atoms with Crippen molar-refractivity contribution in [2.24, 2.45) is 0 Å². The topological polar surface area (TPSA) is 79.3 Å². The van der Waals surface area contributed by atoms with E-state index >= 15 is 0 Å². The van der Waals surface area contributed by atoms with Crippen LogP contribution in [0, 0.1) is 0 Å². The highest BCUT2D eigenvalue weighted by Gasteiger charge is 2.08. The molecule has 1 amide bonds. The highest BCUT2D eigenvalue weighted by Crippen LogP contribution is 2.18. The van der Waals surface area contributed by atoms with E-state index in [0.717, 1.165) is 16.3 Å². The Kier molecular flexibility index (Phi) is 4.01. The van der Waals surface area contributed by atoms with Crippen LogP contribution in [-0.2, 0) is 6.54 Å². The number of aromatic nitrogens is 1. The largest absolute Gasteiger partial charge is 0.478 e. The van der Waals surface area contributed by atoms with Crippen molar-refractivity contribution in [1.29, 1.82) is 0 Å². The molecule has 0 aliphatic heterocycles. The quantitative estimate of drug-likeness (QED) is 0.777. The number of hydrogen-bond donors (Lipinski definition) is 2. The maximum absolute atomic E-state index is 12.2. The summed E-state index contributed by atoms with van der Waals surface area (Å²) in [5.41, 5.74) is 1.68. The first-order valence-corrected chi connectivity index (χ1v) is 7.08. The SMILES string of the molecule is O=C(O)c1ccc2cc(C(=O)NCc3cccnc3)ccc2c1. The molecule has 5 nitrogen and oxygen atoms in total. The molecule has 3 rings (SSSR count). The van der Waals surface area contributed by atoms with Crippen molar-refractivity contribution in [3.8, 4) is 0 Å². The highest BCUT2D eigenvalue weighted by molar-refractivity contribution is 6.00. The van der Waals surface area contributed by atoms with Gasteiger partial charge in [0.05, 0.1) is 5.56 Å². The van der Waals surface area contributed by atoms with Crippen LogP contribution in [0.1, 0.15) is 26.3 Å². The van der Waals surface area contributed by atoms with E-state index in [2.05, 4.69) is 10.3 Å². The normalized spacial score (nSPS) is 10.4. The molecule has 2 N–H and O–H groups in total. The number of carbonyl (C=O) groups is 2. The Morgan fingerprint density at radius 3 is 2.35 bits per heavy atom. The molecule has 0 saturated heterocycles. The number of amides is 1. The summed E-state index contributed by atoms with van der Waals surface area (Å²) >= 11 is 0. The van der Waals surface area contributed by atoms with Gasteiger partial charge >= 0.3 is 5.97 Å². The van der Waals surface area contributed by atoms with Gasteiger partial charge in [-0.2, -0.15) is 0 Å². The van der Waals surface area contributed by atoms with Crippen molar-refractivity contribution >= 4 is 22.6 Å². The molecule has 0 saturated carbocycles. The summed E-state index contributed by atoms with van der Waals surface area (Å²) in [6.07, 6.45) is 3.38. The van der Waals surface area contributed by atoms with Gasteiger partial charge in [0.15, 0.2) is 0 Å². The van der Waals surface area contributed by atoms with E-state index in [1.165, 1.54) is 6.07 Å². The summed E-state index contributed by atoms with van der Waals surface area (Å²) in [7, 11) is 0. The second kappa shape index (κ2) is 6.27. The second-order valence-corrected chi connectivity index (χ2v) is 5.13. The fraction of sp³-hybridized carbons (Fsp3) is 0.0556. The van der Waals surface area contributed by atoms with E-state index in [4.69, 9.17) is 5.11 Å². The lowest BCUT2D eigenvalue weighted by Gasteiger charge is -2.07. The first-order valence-electron chi connectivity index (χ1n) is 7.08. The first-order chi connectivity index (χ1) is 11.1. The molecule has 0 unspecified atom stereocenters. The molecule has 0 fully saturated rings. The lowest BCUT2D eigenvalue weighted by atomic mass is 10.0. The average Bonchev–Trinajstić information content (AvgIpc) is 2.59. The summed E-state index contributed by atoms with van der Waals surface area (Å²) < 4.78 is 0. The maximum atomic E-state index is 12.2.